The minimum Gasteiger partial charge on any atom is -0.377 e. The van der Waals surface area contributed by atoms with Crippen LogP contribution in [0.15, 0.2) is 11.6 Å². The Morgan fingerprint density at radius 2 is 2.35 bits per heavy atom. The van der Waals surface area contributed by atoms with Gasteiger partial charge in [-0.3, -0.25) is 0 Å². The summed E-state index contributed by atoms with van der Waals surface area (Å²) in [5.74, 6) is 0.608. The first-order valence-electron chi connectivity index (χ1n) is 6.27. The average Bonchev–Trinajstić information content (AvgIpc) is 2.74. The van der Waals surface area contributed by atoms with E-state index in [1.54, 1.807) is 11.3 Å². The number of rotatable bonds is 5. The van der Waals surface area contributed by atoms with Gasteiger partial charge in [0.15, 0.2) is 5.13 Å². The first-order chi connectivity index (χ1) is 8.00. The number of nitrogens with zero attached hydrogens (tertiary/aromatic N) is 1. The standard InChI is InChI=1S/C13H22N2OS/c1-9(2)8-16-11-7-10(13(11,3)4)15-12-14-5-6-17-12/h5-6,9-11H,7-8H2,1-4H3,(H,14,15). The SMILES string of the molecule is CC(C)COC1CC(Nc2nccs2)C1(C)C. The van der Waals surface area contributed by atoms with E-state index in [1.807, 2.05) is 11.6 Å². The van der Waals surface area contributed by atoms with Gasteiger partial charge in [0.05, 0.1) is 6.10 Å². The topological polar surface area (TPSA) is 34.1 Å². The molecule has 2 rings (SSSR count). The van der Waals surface area contributed by atoms with E-state index in [1.165, 1.54) is 0 Å². The molecule has 1 fully saturated rings. The molecule has 0 spiro atoms. The van der Waals surface area contributed by atoms with Crippen molar-refractivity contribution in [2.45, 2.75) is 46.3 Å². The maximum absolute atomic E-state index is 5.95. The second-order valence-electron chi connectivity index (χ2n) is 5.81. The number of aromatic nitrogens is 1. The highest BCUT2D eigenvalue weighted by Crippen LogP contribution is 2.44. The van der Waals surface area contributed by atoms with Crippen LogP contribution in [0, 0.1) is 11.3 Å². The van der Waals surface area contributed by atoms with Crippen molar-refractivity contribution in [3.05, 3.63) is 11.6 Å². The number of anilines is 1. The van der Waals surface area contributed by atoms with Gasteiger partial charge in [-0.2, -0.15) is 0 Å². The van der Waals surface area contributed by atoms with Crippen molar-refractivity contribution in [3.8, 4) is 0 Å². The van der Waals surface area contributed by atoms with Gasteiger partial charge < -0.3 is 10.1 Å². The molecule has 1 N–H and O–H groups in total. The predicted octanol–water partition coefficient (Wildman–Crippen LogP) is 3.39. The summed E-state index contributed by atoms with van der Waals surface area (Å²) in [5, 5.41) is 6.51. The van der Waals surface area contributed by atoms with Crippen molar-refractivity contribution < 1.29 is 4.74 Å². The van der Waals surface area contributed by atoms with E-state index in [-0.39, 0.29) is 5.41 Å². The lowest BCUT2D eigenvalue weighted by Crippen LogP contribution is -2.58. The summed E-state index contributed by atoms with van der Waals surface area (Å²) in [5.41, 5.74) is 0.195. The molecule has 1 aromatic heterocycles. The van der Waals surface area contributed by atoms with Gasteiger partial charge in [-0.25, -0.2) is 4.98 Å². The summed E-state index contributed by atoms with van der Waals surface area (Å²) in [6, 6.07) is 0.478. The second-order valence-corrected chi connectivity index (χ2v) is 6.70. The van der Waals surface area contributed by atoms with E-state index < -0.39 is 0 Å². The van der Waals surface area contributed by atoms with Crippen LogP contribution in [0.3, 0.4) is 0 Å². The minimum absolute atomic E-state index is 0.195. The number of hydrogen-bond acceptors (Lipinski definition) is 4. The maximum atomic E-state index is 5.95. The molecule has 1 saturated carbocycles. The Kier molecular flexibility index (Phi) is 3.73. The smallest absolute Gasteiger partial charge is 0.182 e. The van der Waals surface area contributed by atoms with Gasteiger partial charge in [0.25, 0.3) is 0 Å². The van der Waals surface area contributed by atoms with E-state index in [4.69, 9.17) is 4.74 Å². The minimum atomic E-state index is 0.195. The molecule has 2 atom stereocenters. The van der Waals surface area contributed by atoms with Crippen LogP contribution in [0.2, 0.25) is 0 Å². The van der Waals surface area contributed by atoms with Gasteiger partial charge >= 0.3 is 0 Å². The fourth-order valence-electron chi connectivity index (χ4n) is 2.17. The Hall–Kier alpha value is -0.610. The third kappa shape index (κ3) is 2.80. The highest BCUT2D eigenvalue weighted by atomic mass is 32.1. The van der Waals surface area contributed by atoms with Crippen LogP contribution in [0.5, 0.6) is 0 Å². The zero-order chi connectivity index (χ0) is 12.5. The molecule has 3 nitrogen and oxygen atoms in total. The molecule has 4 heteroatoms. The molecule has 0 amide bonds. The molecule has 2 unspecified atom stereocenters. The summed E-state index contributed by atoms with van der Waals surface area (Å²) >= 11 is 1.66. The zero-order valence-electron chi connectivity index (χ0n) is 11.1. The van der Waals surface area contributed by atoms with Gasteiger partial charge in [0.2, 0.25) is 0 Å². The Bertz CT molecular complexity index is 348. The maximum Gasteiger partial charge on any atom is 0.182 e. The first kappa shape index (κ1) is 12.8. The van der Waals surface area contributed by atoms with E-state index in [2.05, 4.69) is 38.0 Å². The number of nitrogens with one attached hydrogen (secondary N) is 1. The molecule has 0 bridgehead atoms. The normalized spacial score (nSPS) is 26.9. The Morgan fingerprint density at radius 3 is 2.88 bits per heavy atom. The fraction of sp³-hybridized carbons (Fsp3) is 0.769. The van der Waals surface area contributed by atoms with E-state index >= 15 is 0 Å². The highest BCUT2D eigenvalue weighted by molar-refractivity contribution is 7.13. The first-order valence-corrected chi connectivity index (χ1v) is 7.15. The summed E-state index contributed by atoms with van der Waals surface area (Å²) in [4.78, 5) is 4.27. The van der Waals surface area contributed by atoms with Crippen molar-refractivity contribution >= 4 is 16.5 Å². The average molecular weight is 254 g/mol. The van der Waals surface area contributed by atoms with E-state index in [0.29, 0.717) is 18.1 Å². The molecule has 96 valence electrons. The Morgan fingerprint density at radius 1 is 1.59 bits per heavy atom. The number of hydrogen-bond donors (Lipinski definition) is 1. The largest absolute Gasteiger partial charge is 0.377 e. The molecule has 0 saturated heterocycles. The molecular weight excluding hydrogens is 232 g/mol. The van der Waals surface area contributed by atoms with Crippen LogP contribution in [0.25, 0.3) is 0 Å². The van der Waals surface area contributed by atoms with Crippen molar-refractivity contribution in [2.24, 2.45) is 11.3 Å². The van der Waals surface area contributed by atoms with Gasteiger partial charge in [-0.15, -0.1) is 11.3 Å². The highest BCUT2D eigenvalue weighted by Gasteiger charge is 2.49. The molecule has 1 aliphatic carbocycles. The van der Waals surface area contributed by atoms with Crippen LogP contribution in [0.1, 0.15) is 34.1 Å². The predicted molar refractivity (Wildman–Crippen MR) is 72.5 cm³/mol. The third-order valence-corrected chi connectivity index (χ3v) is 4.24. The van der Waals surface area contributed by atoms with Crippen LogP contribution in [-0.2, 0) is 4.74 Å². The van der Waals surface area contributed by atoms with Gasteiger partial charge in [-0.1, -0.05) is 27.7 Å². The molecule has 0 radical (unpaired) electrons. The number of ether oxygens (including phenoxy) is 1. The zero-order valence-corrected chi connectivity index (χ0v) is 11.9. The Labute approximate surface area is 108 Å². The molecule has 1 heterocycles. The molecule has 0 aliphatic heterocycles. The van der Waals surface area contributed by atoms with Gasteiger partial charge in [0, 0.05) is 29.6 Å². The van der Waals surface area contributed by atoms with Crippen molar-refractivity contribution in [1.29, 1.82) is 0 Å². The van der Waals surface area contributed by atoms with Crippen LogP contribution < -0.4 is 5.32 Å². The van der Waals surface area contributed by atoms with Gasteiger partial charge in [-0.05, 0) is 12.3 Å². The summed E-state index contributed by atoms with van der Waals surface area (Å²) in [7, 11) is 0. The second kappa shape index (κ2) is 4.94. The molecule has 17 heavy (non-hydrogen) atoms. The Balaban J connectivity index is 1.84. The van der Waals surface area contributed by atoms with Crippen molar-refractivity contribution in [2.75, 3.05) is 11.9 Å². The van der Waals surface area contributed by atoms with Crippen LogP contribution in [-0.4, -0.2) is 23.7 Å². The van der Waals surface area contributed by atoms with Crippen LogP contribution in [0.4, 0.5) is 5.13 Å². The quantitative estimate of drug-likeness (QED) is 0.874. The van der Waals surface area contributed by atoms with Crippen molar-refractivity contribution in [3.63, 3.8) is 0 Å². The molecule has 0 aromatic carbocycles. The van der Waals surface area contributed by atoms with Crippen molar-refractivity contribution in [1.82, 2.24) is 4.98 Å². The van der Waals surface area contributed by atoms with Crippen LogP contribution >= 0.6 is 11.3 Å². The molecule has 1 aliphatic rings. The van der Waals surface area contributed by atoms with E-state index in [0.717, 1.165) is 18.2 Å². The summed E-state index contributed by atoms with van der Waals surface area (Å²) in [6.07, 6.45) is 3.30. The molecule has 1 aromatic rings. The lowest BCUT2D eigenvalue weighted by atomic mass is 9.64. The fourth-order valence-corrected chi connectivity index (χ4v) is 2.75. The lowest BCUT2D eigenvalue weighted by molar-refractivity contribution is -0.108. The van der Waals surface area contributed by atoms with E-state index in [9.17, 15) is 0 Å². The summed E-state index contributed by atoms with van der Waals surface area (Å²) in [6.45, 7) is 9.78. The lowest BCUT2D eigenvalue weighted by Gasteiger charge is -2.51. The number of thiazole rings is 1. The molecular formula is C13H22N2OS. The van der Waals surface area contributed by atoms with Gasteiger partial charge in [0.1, 0.15) is 0 Å². The summed E-state index contributed by atoms with van der Waals surface area (Å²) < 4.78 is 5.95. The monoisotopic (exact) mass is 254 g/mol. The third-order valence-electron chi connectivity index (χ3n) is 3.54.